The lowest BCUT2D eigenvalue weighted by atomic mass is 9.80. The van der Waals surface area contributed by atoms with E-state index < -0.39 is 0 Å². The first-order valence-corrected chi connectivity index (χ1v) is 8.31. The lowest BCUT2D eigenvalue weighted by Gasteiger charge is -2.31. The van der Waals surface area contributed by atoms with Crippen LogP contribution in [0, 0.1) is 11.8 Å². The van der Waals surface area contributed by atoms with Crippen molar-refractivity contribution in [2.45, 2.75) is 76.9 Å². The molecule has 0 unspecified atom stereocenters. The molecule has 0 N–H and O–H groups in total. The van der Waals surface area contributed by atoms with Crippen molar-refractivity contribution in [3.05, 3.63) is 0 Å². The Morgan fingerprint density at radius 2 is 1.48 bits per heavy atom. The molecule has 0 amide bonds. The predicted molar refractivity (Wildman–Crippen MR) is 79.9 cm³/mol. The van der Waals surface area contributed by atoms with Crippen LogP contribution in [0.3, 0.4) is 0 Å². The van der Waals surface area contributed by atoms with Crippen LogP contribution in [-0.2, 0) is 19.1 Å². The standard InChI is InChI=1S/C17H28O4/c1-12(18)11-13-3-5-14(6-4-13)17(19)21-16-9-7-15(20-2)8-10-16/h13-16H,3-11H2,1-2H3. The van der Waals surface area contributed by atoms with Gasteiger partial charge in [0, 0.05) is 13.5 Å². The number of carbonyl (C=O) groups is 2. The van der Waals surface area contributed by atoms with Gasteiger partial charge in [-0.05, 0) is 64.2 Å². The van der Waals surface area contributed by atoms with Crippen LogP contribution < -0.4 is 0 Å². The highest BCUT2D eigenvalue weighted by Crippen LogP contribution is 2.33. The summed E-state index contributed by atoms with van der Waals surface area (Å²) < 4.78 is 11.0. The van der Waals surface area contributed by atoms with Crippen molar-refractivity contribution in [1.29, 1.82) is 0 Å². The number of ketones is 1. The highest BCUT2D eigenvalue weighted by Gasteiger charge is 2.30. The third-order valence-electron chi connectivity index (χ3n) is 4.99. The monoisotopic (exact) mass is 296 g/mol. The molecule has 0 heterocycles. The normalized spacial score (nSPS) is 33.4. The van der Waals surface area contributed by atoms with Gasteiger partial charge in [-0.25, -0.2) is 0 Å². The van der Waals surface area contributed by atoms with E-state index in [1.807, 2.05) is 0 Å². The Labute approximate surface area is 127 Å². The second kappa shape index (κ2) is 7.92. The number of hydrogen-bond acceptors (Lipinski definition) is 4. The van der Waals surface area contributed by atoms with Gasteiger partial charge in [-0.1, -0.05) is 0 Å². The molecule has 2 aliphatic carbocycles. The second-order valence-corrected chi connectivity index (χ2v) is 6.70. The van der Waals surface area contributed by atoms with Crippen molar-refractivity contribution in [3.63, 3.8) is 0 Å². The van der Waals surface area contributed by atoms with E-state index in [-0.39, 0.29) is 23.8 Å². The molecule has 0 aromatic rings. The third kappa shape index (κ3) is 5.10. The molecule has 0 radical (unpaired) electrons. The van der Waals surface area contributed by atoms with E-state index in [2.05, 4.69) is 0 Å². The predicted octanol–water partition coefficient (Wildman–Crippen LogP) is 3.27. The van der Waals surface area contributed by atoms with Crippen LogP contribution in [0.2, 0.25) is 0 Å². The van der Waals surface area contributed by atoms with Gasteiger partial charge in [0.2, 0.25) is 0 Å². The Balaban J connectivity index is 1.69. The average Bonchev–Trinajstić information content (AvgIpc) is 2.48. The number of carbonyl (C=O) groups excluding carboxylic acids is 2. The Morgan fingerprint density at radius 3 is 2.00 bits per heavy atom. The van der Waals surface area contributed by atoms with Crippen molar-refractivity contribution in [1.82, 2.24) is 0 Å². The summed E-state index contributed by atoms with van der Waals surface area (Å²) >= 11 is 0. The van der Waals surface area contributed by atoms with Gasteiger partial charge in [-0.2, -0.15) is 0 Å². The smallest absolute Gasteiger partial charge is 0.309 e. The molecule has 21 heavy (non-hydrogen) atoms. The molecule has 2 saturated carbocycles. The lowest BCUT2D eigenvalue weighted by Crippen LogP contribution is -2.31. The first kappa shape index (κ1) is 16.5. The molecular weight excluding hydrogens is 268 g/mol. The van der Waals surface area contributed by atoms with Gasteiger partial charge >= 0.3 is 5.97 Å². The van der Waals surface area contributed by atoms with Crippen molar-refractivity contribution in [2.24, 2.45) is 11.8 Å². The number of ether oxygens (including phenoxy) is 2. The summed E-state index contributed by atoms with van der Waals surface area (Å²) in [5.41, 5.74) is 0. The molecule has 120 valence electrons. The summed E-state index contributed by atoms with van der Waals surface area (Å²) in [6.07, 6.45) is 8.62. The number of rotatable bonds is 5. The van der Waals surface area contributed by atoms with E-state index in [0.29, 0.717) is 18.4 Å². The highest BCUT2D eigenvalue weighted by atomic mass is 16.5. The third-order valence-corrected chi connectivity index (χ3v) is 4.99. The van der Waals surface area contributed by atoms with Crippen LogP contribution in [0.15, 0.2) is 0 Å². The Kier molecular flexibility index (Phi) is 6.22. The molecule has 0 bridgehead atoms. The molecule has 0 aromatic carbocycles. The number of methoxy groups -OCH3 is 1. The quantitative estimate of drug-likeness (QED) is 0.731. The molecule has 0 saturated heterocycles. The summed E-state index contributed by atoms with van der Waals surface area (Å²) in [5.74, 6) is 0.769. The Hall–Kier alpha value is -0.900. The Morgan fingerprint density at radius 1 is 0.905 bits per heavy atom. The summed E-state index contributed by atoms with van der Waals surface area (Å²) in [5, 5.41) is 0. The van der Waals surface area contributed by atoms with Gasteiger partial charge in [0.25, 0.3) is 0 Å². The fourth-order valence-electron chi connectivity index (χ4n) is 3.66. The van der Waals surface area contributed by atoms with Gasteiger partial charge in [-0.3, -0.25) is 4.79 Å². The van der Waals surface area contributed by atoms with Crippen LogP contribution in [0.5, 0.6) is 0 Å². The summed E-state index contributed by atoms with van der Waals surface area (Å²) in [6.45, 7) is 1.65. The van der Waals surface area contributed by atoms with Gasteiger partial charge in [0.15, 0.2) is 0 Å². The summed E-state index contributed by atoms with van der Waals surface area (Å²) in [6, 6.07) is 0. The van der Waals surface area contributed by atoms with E-state index >= 15 is 0 Å². The summed E-state index contributed by atoms with van der Waals surface area (Å²) in [7, 11) is 1.75. The van der Waals surface area contributed by atoms with Gasteiger partial charge < -0.3 is 14.3 Å². The van der Waals surface area contributed by atoms with Gasteiger partial charge in [-0.15, -0.1) is 0 Å². The minimum absolute atomic E-state index is 0.0165. The highest BCUT2D eigenvalue weighted by molar-refractivity contribution is 5.76. The van der Waals surface area contributed by atoms with E-state index in [1.165, 1.54) is 0 Å². The topological polar surface area (TPSA) is 52.6 Å². The van der Waals surface area contributed by atoms with Crippen LogP contribution in [0.4, 0.5) is 0 Å². The number of hydrogen-bond donors (Lipinski definition) is 0. The first-order valence-electron chi connectivity index (χ1n) is 8.31. The van der Waals surface area contributed by atoms with E-state index in [4.69, 9.17) is 9.47 Å². The van der Waals surface area contributed by atoms with Crippen molar-refractivity contribution < 1.29 is 19.1 Å². The van der Waals surface area contributed by atoms with Crippen LogP contribution >= 0.6 is 0 Å². The lowest BCUT2D eigenvalue weighted by molar-refractivity contribution is -0.158. The van der Waals surface area contributed by atoms with Crippen LogP contribution in [0.1, 0.15) is 64.7 Å². The zero-order valence-electron chi connectivity index (χ0n) is 13.3. The molecule has 0 atom stereocenters. The molecule has 0 spiro atoms. The molecule has 2 fully saturated rings. The van der Waals surface area contributed by atoms with Crippen molar-refractivity contribution >= 4 is 11.8 Å². The Bertz CT molecular complexity index is 350. The second-order valence-electron chi connectivity index (χ2n) is 6.70. The number of Topliss-reactive ketones (excluding diaryl/α,β-unsaturated/α-hetero) is 1. The molecule has 0 aliphatic heterocycles. The van der Waals surface area contributed by atoms with E-state index in [0.717, 1.165) is 51.4 Å². The zero-order chi connectivity index (χ0) is 15.2. The maximum Gasteiger partial charge on any atom is 0.309 e. The molecular formula is C17H28O4. The van der Waals surface area contributed by atoms with Crippen molar-refractivity contribution in [3.8, 4) is 0 Å². The largest absolute Gasteiger partial charge is 0.462 e. The van der Waals surface area contributed by atoms with Gasteiger partial charge in [0.05, 0.1) is 12.0 Å². The molecule has 0 aromatic heterocycles. The van der Waals surface area contributed by atoms with E-state index in [9.17, 15) is 9.59 Å². The number of esters is 1. The van der Waals surface area contributed by atoms with Crippen LogP contribution in [0.25, 0.3) is 0 Å². The summed E-state index contributed by atoms with van der Waals surface area (Å²) in [4.78, 5) is 23.4. The first-order chi connectivity index (χ1) is 10.1. The van der Waals surface area contributed by atoms with E-state index in [1.54, 1.807) is 14.0 Å². The zero-order valence-corrected chi connectivity index (χ0v) is 13.3. The SMILES string of the molecule is COC1CCC(OC(=O)C2CCC(CC(C)=O)CC2)CC1. The fourth-order valence-corrected chi connectivity index (χ4v) is 3.66. The van der Waals surface area contributed by atoms with Crippen LogP contribution in [-0.4, -0.2) is 31.1 Å². The average molecular weight is 296 g/mol. The molecule has 2 rings (SSSR count). The molecule has 4 heteroatoms. The fraction of sp³-hybridized carbons (Fsp3) is 0.882. The van der Waals surface area contributed by atoms with Crippen molar-refractivity contribution in [2.75, 3.05) is 7.11 Å². The van der Waals surface area contributed by atoms with Gasteiger partial charge in [0.1, 0.15) is 11.9 Å². The minimum Gasteiger partial charge on any atom is -0.462 e. The minimum atomic E-state index is -0.0165. The molecule has 2 aliphatic rings. The molecule has 4 nitrogen and oxygen atoms in total. The maximum atomic E-state index is 12.2. The maximum absolute atomic E-state index is 12.2.